The molecule has 14 heteroatoms. The van der Waals surface area contributed by atoms with Crippen molar-refractivity contribution in [1.82, 2.24) is 19.7 Å². The molecule has 4 aromatic rings. The Morgan fingerprint density at radius 1 is 1.32 bits per heavy atom. The first-order valence-corrected chi connectivity index (χ1v) is 13.7. The lowest BCUT2D eigenvalue weighted by molar-refractivity contribution is -0.136. The van der Waals surface area contributed by atoms with Gasteiger partial charge in [-0.2, -0.15) is 5.10 Å². The van der Waals surface area contributed by atoms with Gasteiger partial charge < -0.3 is 20.5 Å². The molecule has 2 aromatic carbocycles. The minimum Gasteiger partial charge on any atom is -0.492 e. The average Bonchev–Trinajstić information content (AvgIpc) is 3.21. The number of benzene rings is 2. The number of hydrogen-bond donors (Lipinski definition) is 3. The summed E-state index contributed by atoms with van der Waals surface area (Å²) in [4.78, 5) is 19.4. The summed E-state index contributed by atoms with van der Waals surface area (Å²) >= 11 is 14.1. The maximum Gasteiger partial charge on any atom is 0.304 e. The van der Waals surface area contributed by atoms with Crippen LogP contribution in [0.3, 0.4) is 0 Å². The second-order valence-corrected chi connectivity index (χ2v) is 10.9. The molecule has 0 unspecified atom stereocenters. The van der Waals surface area contributed by atoms with Gasteiger partial charge in [0.2, 0.25) is 0 Å². The standard InChI is InChI=1S/C23H22ClFN6O3S3/c1-2-34-19-11-17-14(21(28-12-27-17)29-13-3-4-16(25)15(24)9-13)10-18(19)26-6-7-31-23(35)37-22(30-31)36-8-5-20(32)33/h3-4,9-12,26H,2,5-8H2,1H3,(H,32,33)(H,27,28,29). The second kappa shape index (κ2) is 12.5. The Kier molecular flexibility index (Phi) is 9.14. The highest BCUT2D eigenvalue weighted by atomic mass is 35.5. The molecule has 2 aromatic heterocycles. The fraction of sp³-hybridized carbons (Fsp3) is 0.261. The van der Waals surface area contributed by atoms with Crippen LogP contribution in [-0.4, -0.2) is 49.7 Å². The van der Waals surface area contributed by atoms with E-state index in [9.17, 15) is 9.18 Å². The summed E-state index contributed by atoms with van der Waals surface area (Å²) in [6, 6.07) is 8.07. The van der Waals surface area contributed by atoms with Gasteiger partial charge in [0.15, 0.2) is 8.29 Å². The fourth-order valence-electron chi connectivity index (χ4n) is 3.32. The molecule has 2 heterocycles. The number of halogens is 2. The highest BCUT2D eigenvalue weighted by Gasteiger charge is 2.13. The number of carbonyl (C=O) groups is 1. The van der Waals surface area contributed by atoms with Gasteiger partial charge in [-0.25, -0.2) is 19.0 Å². The van der Waals surface area contributed by atoms with Gasteiger partial charge in [0, 0.05) is 29.4 Å². The number of carboxylic acids is 1. The minimum atomic E-state index is -0.842. The van der Waals surface area contributed by atoms with Crippen LogP contribution in [0.1, 0.15) is 13.3 Å². The Bertz CT molecular complexity index is 1480. The lowest BCUT2D eigenvalue weighted by atomic mass is 10.2. The van der Waals surface area contributed by atoms with Gasteiger partial charge in [0.25, 0.3) is 0 Å². The van der Waals surface area contributed by atoms with Gasteiger partial charge >= 0.3 is 5.97 Å². The molecule has 194 valence electrons. The Morgan fingerprint density at radius 2 is 2.16 bits per heavy atom. The average molecular weight is 581 g/mol. The highest BCUT2D eigenvalue weighted by molar-refractivity contribution is 8.01. The predicted molar refractivity (Wildman–Crippen MR) is 148 cm³/mol. The van der Waals surface area contributed by atoms with E-state index in [2.05, 4.69) is 25.7 Å². The molecule has 0 aliphatic heterocycles. The van der Waals surface area contributed by atoms with Crippen molar-refractivity contribution in [3.8, 4) is 5.75 Å². The van der Waals surface area contributed by atoms with Crippen molar-refractivity contribution >= 4 is 81.0 Å². The van der Waals surface area contributed by atoms with Gasteiger partial charge in [0.05, 0.1) is 35.8 Å². The van der Waals surface area contributed by atoms with Crippen LogP contribution in [0.15, 0.2) is 41.0 Å². The summed E-state index contributed by atoms with van der Waals surface area (Å²) in [7, 11) is 0. The van der Waals surface area contributed by atoms with Gasteiger partial charge in [-0.15, -0.1) is 0 Å². The van der Waals surface area contributed by atoms with E-state index in [-0.39, 0.29) is 11.4 Å². The summed E-state index contributed by atoms with van der Waals surface area (Å²) in [5.41, 5.74) is 2.00. The molecule has 0 bridgehead atoms. The summed E-state index contributed by atoms with van der Waals surface area (Å²) in [5, 5.41) is 20.6. The molecule has 0 amide bonds. The van der Waals surface area contributed by atoms with E-state index >= 15 is 0 Å². The zero-order chi connectivity index (χ0) is 26.4. The third-order valence-electron chi connectivity index (χ3n) is 4.99. The first-order valence-electron chi connectivity index (χ1n) is 11.1. The van der Waals surface area contributed by atoms with Crippen molar-refractivity contribution in [3.05, 3.63) is 51.5 Å². The summed E-state index contributed by atoms with van der Waals surface area (Å²) < 4.78 is 22.5. The highest BCUT2D eigenvalue weighted by Crippen LogP contribution is 2.34. The van der Waals surface area contributed by atoms with E-state index in [1.807, 2.05) is 19.1 Å². The first-order chi connectivity index (χ1) is 17.8. The van der Waals surface area contributed by atoms with Gasteiger partial charge in [0.1, 0.15) is 23.7 Å². The number of ether oxygens (including phenoxy) is 1. The molecule has 0 atom stereocenters. The lowest BCUT2D eigenvalue weighted by Gasteiger charge is -2.15. The van der Waals surface area contributed by atoms with Crippen LogP contribution in [-0.2, 0) is 11.3 Å². The zero-order valence-electron chi connectivity index (χ0n) is 19.5. The molecule has 0 saturated carbocycles. The van der Waals surface area contributed by atoms with Gasteiger partial charge in [-0.3, -0.25) is 4.79 Å². The normalized spacial score (nSPS) is 11.0. The Labute approximate surface area is 230 Å². The molecular weight excluding hydrogens is 559 g/mol. The molecule has 0 aliphatic rings. The Hall–Kier alpha value is -3.00. The lowest BCUT2D eigenvalue weighted by Crippen LogP contribution is -2.12. The number of aromatic nitrogens is 4. The Balaban J connectivity index is 1.52. The number of anilines is 3. The quantitative estimate of drug-likeness (QED) is 0.131. The van der Waals surface area contributed by atoms with Crippen LogP contribution in [0.25, 0.3) is 10.9 Å². The molecule has 0 aliphatic carbocycles. The number of aliphatic carboxylic acids is 1. The van der Waals surface area contributed by atoms with E-state index in [0.717, 1.165) is 15.4 Å². The second-order valence-electron chi connectivity index (χ2n) is 7.55. The van der Waals surface area contributed by atoms with Crippen LogP contribution in [0.4, 0.5) is 21.6 Å². The first kappa shape index (κ1) is 27.0. The molecule has 37 heavy (non-hydrogen) atoms. The molecule has 0 fully saturated rings. The third kappa shape index (κ3) is 7.06. The number of nitrogens with zero attached hydrogens (tertiary/aromatic N) is 4. The van der Waals surface area contributed by atoms with Crippen LogP contribution < -0.4 is 15.4 Å². The van der Waals surface area contributed by atoms with Crippen molar-refractivity contribution in [3.63, 3.8) is 0 Å². The smallest absolute Gasteiger partial charge is 0.304 e. The molecule has 0 spiro atoms. The molecule has 9 nitrogen and oxygen atoms in total. The molecule has 4 rings (SSSR count). The number of fused-ring (bicyclic) bond motifs is 1. The van der Waals surface area contributed by atoms with E-state index in [1.165, 1.54) is 41.6 Å². The van der Waals surface area contributed by atoms with Crippen LogP contribution in [0.2, 0.25) is 5.02 Å². The van der Waals surface area contributed by atoms with Gasteiger partial charge in [-0.05, 0) is 43.4 Å². The van der Waals surface area contributed by atoms with Crippen molar-refractivity contribution in [2.75, 3.05) is 29.5 Å². The number of rotatable bonds is 12. The van der Waals surface area contributed by atoms with E-state index in [0.29, 0.717) is 52.2 Å². The van der Waals surface area contributed by atoms with Crippen molar-refractivity contribution < 1.29 is 19.0 Å². The molecule has 0 radical (unpaired) electrons. The van der Waals surface area contributed by atoms with Crippen LogP contribution >= 0.6 is 46.9 Å². The third-order valence-corrected chi connectivity index (χ3v) is 7.72. The van der Waals surface area contributed by atoms with Crippen molar-refractivity contribution in [2.45, 2.75) is 24.2 Å². The number of thioether (sulfide) groups is 1. The molecule has 3 N–H and O–H groups in total. The molecular formula is C23H22ClFN6O3S3. The maximum absolute atomic E-state index is 13.6. The maximum atomic E-state index is 13.6. The van der Waals surface area contributed by atoms with Crippen molar-refractivity contribution in [2.24, 2.45) is 0 Å². The summed E-state index contributed by atoms with van der Waals surface area (Å²) in [6.45, 7) is 3.38. The largest absolute Gasteiger partial charge is 0.492 e. The minimum absolute atomic E-state index is 0.00782. The van der Waals surface area contributed by atoms with Gasteiger partial charge in [-0.1, -0.05) is 34.7 Å². The van der Waals surface area contributed by atoms with E-state index < -0.39 is 11.8 Å². The predicted octanol–water partition coefficient (Wildman–Crippen LogP) is 6.23. The Morgan fingerprint density at radius 3 is 2.92 bits per heavy atom. The number of nitrogens with one attached hydrogen (secondary N) is 2. The SMILES string of the molecule is CCOc1cc2ncnc(Nc3ccc(F)c(Cl)c3)c2cc1NCCn1nc(SCCC(=O)O)sc1=S. The zero-order valence-corrected chi connectivity index (χ0v) is 22.7. The van der Waals surface area contributed by atoms with Crippen LogP contribution in [0, 0.1) is 9.77 Å². The van der Waals surface area contributed by atoms with E-state index in [1.54, 1.807) is 10.7 Å². The molecule has 0 saturated heterocycles. The fourth-order valence-corrected chi connectivity index (χ4v) is 5.88. The van der Waals surface area contributed by atoms with E-state index in [4.69, 9.17) is 33.7 Å². The monoisotopic (exact) mass is 580 g/mol. The number of hydrogen-bond acceptors (Lipinski definition) is 10. The number of carboxylic acid groups (broad SMARTS) is 1. The van der Waals surface area contributed by atoms with Crippen molar-refractivity contribution in [1.29, 1.82) is 0 Å². The summed E-state index contributed by atoms with van der Waals surface area (Å²) in [5.74, 6) is 0.261. The topological polar surface area (TPSA) is 114 Å². The summed E-state index contributed by atoms with van der Waals surface area (Å²) in [6.07, 6.45) is 1.50. The van der Waals surface area contributed by atoms with Crippen LogP contribution in [0.5, 0.6) is 5.75 Å².